The van der Waals surface area contributed by atoms with Crippen molar-refractivity contribution < 1.29 is 14.7 Å². The highest BCUT2D eigenvalue weighted by atomic mass is 16.4. The maximum atomic E-state index is 12.0. The summed E-state index contributed by atoms with van der Waals surface area (Å²) >= 11 is 0. The lowest BCUT2D eigenvalue weighted by molar-refractivity contribution is -0.138. The molecular formula is C15H15NO3. The van der Waals surface area contributed by atoms with E-state index >= 15 is 0 Å². The summed E-state index contributed by atoms with van der Waals surface area (Å²) in [5.74, 6) is 4.22. The summed E-state index contributed by atoms with van der Waals surface area (Å²) in [6.07, 6.45) is 1.85. The van der Waals surface area contributed by atoms with Crippen LogP contribution in [0.1, 0.15) is 24.8 Å². The Kier molecular flexibility index (Phi) is 4.19. The van der Waals surface area contributed by atoms with Crippen molar-refractivity contribution in [1.29, 1.82) is 0 Å². The minimum absolute atomic E-state index is 0.0325. The standard InChI is InChI=1S/C15H15NO3/c17-14(9-6-12-4-2-1-3-5-12)16(13-7-8-13)11-10-15(18)19/h1-5,13H,7-8,10-11H2,(H,18,19). The van der Waals surface area contributed by atoms with Gasteiger partial charge in [-0.1, -0.05) is 24.1 Å². The number of hydrogen-bond donors (Lipinski definition) is 1. The lowest BCUT2D eigenvalue weighted by atomic mass is 10.2. The first-order chi connectivity index (χ1) is 9.16. The lowest BCUT2D eigenvalue weighted by Crippen LogP contribution is -2.34. The molecule has 0 unspecified atom stereocenters. The molecule has 0 heterocycles. The van der Waals surface area contributed by atoms with Gasteiger partial charge in [0.2, 0.25) is 0 Å². The van der Waals surface area contributed by atoms with E-state index in [2.05, 4.69) is 11.8 Å². The average Bonchev–Trinajstić information content (AvgIpc) is 3.22. The molecule has 0 atom stereocenters. The fourth-order valence-corrected chi connectivity index (χ4v) is 1.77. The molecule has 19 heavy (non-hydrogen) atoms. The van der Waals surface area contributed by atoms with Crippen LogP contribution in [0, 0.1) is 11.8 Å². The molecule has 4 nitrogen and oxygen atoms in total. The van der Waals surface area contributed by atoms with Crippen LogP contribution in [0.25, 0.3) is 0 Å². The third kappa shape index (κ3) is 4.14. The Labute approximate surface area is 112 Å². The van der Waals surface area contributed by atoms with E-state index in [9.17, 15) is 9.59 Å². The number of carbonyl (C=O) groups excluding carboxylic acids is 1. The smallest absolute Gasteiger partial charge is 0.305 e. The maximum absolute atomic E-state index is 12.0. The molecule has 0 aromatic heterocycles. The zero-order valence-corrected chi connectivity index (χ0v) is 10.5. The third-order valence-electron chi connectivity index (χ3n) is 2.90. The van der Waals surface area contributed by atoms with Crippen molar-refractivity contribution in [2.24, 2.45) is 0 Å². The number of aliphatic carboxylic acids is 1. The summed E-state index contributed by atoms with van der Waals surface area (Å²) in [6.45, 7) is 0.238. The molecular weight excluding hydrogens is 242 g/mol. The Morgan fingerprint density at radius 3 is 2.53 bits per heavy atom. The second kappa shape index (κ2) is 6.05. The number of benzene rings is 1. The second-order valence-corrected chi connectivity index (χ2v) is 4.49. The average molecular weight is 257 g/mol. The van der Waals surface area contributed by atoms with Gasteiger partial charge in [0.1, 0.15) is 0 Å². The molecule has 1 saturated carbocycles. The second-order valence-electron chi connectivity index (χ2n) is 4.49. The molecule has 0 bridgehead atoms. The Morgan fingerprint density at radius 2 is 1.95 bits per heavy atom. The van der Waals surface area contributed by atoms with Gasteiger partial charge in [0.25, 0.3) is 5.91 Å². The zero-order chi connectivity index (χ0) is 13.7. The highest BCUT2D eigenvalue weighted by Gasteiger charge is 2.31. The molecule has 1 aromatic rings. The lowest BCUT2D eigenvalue weighted by Gasteiger charge is -2.18. The van der Waals surface area contributed by atoms with Gasteiger partial charge in [-0.25, -0.2) is 0 Å². The Bertz CT molecular complexity index is 523. The van der Waals surface area contributed by atoms with Crippen molar-refractivity contribution in [3.63, 3.8) is 0 Å². The highest BCUT2D eigenvalue weighted by Crippen LogP contribution is 2.26. The zero-order valence-electron chi connectivity index (χ0n) is 10.5. The molecule has 0 spiro atoms. The quantitative estimate of drug-likeness (QED) is 0.832. The predicted molar refractivity (Wildman–Crippen MR) is 70.3 cm³/mol. The first-order valence-corrected chi connectivity index (χ1v) is 6.26. The summed E-state index contributed by atoms with van der Waals surface area (Å²) < 4.78 is 0. The molecule has 4 heteroatoms. The minimum atomic E-state index is -0.894. The number of hydrogen-bond acceptors (Lipinski definition) is 2. The molecule has 0 saturated heterocycles. The van der Waals surface area contributed by atoms with Gasteiger partial charge in [-0.15, -0.1) is 0 Å². The van der Waals surface area contributed by atoms with Crippen LogP contribution < -0.4 is 0 Å². The minimum Gasteiger partial charge on any atom is -0.481 e. The monoisotopic (exact) mass is 257 g/mol. The fourth-order valence-electron chi connectivity index (χ4n) is 1.77. The maximum Gasteiger partial charge on any atom is 0.305 e. The van der Waals surface area contributed by atoms with Gasteiger partial charge in [-0.3, -0.25) is 9.59 Å². The predicted octanol–water partition coefficient (Wildman–Crippen LogP) is 1.50. The number of amides is 1. The number of carboxylic acid groups (broad SMARTS) is 1. The van der Waals surface area contributed by atoms with Gasteiger partial charge in [-0.05, 0) is 25.0 Å². The van der Waals surface area contributed by atoms with Crippen molar-refractivity contribution in [3.05, 3.63) is 35.9 Å². The van der Waals surface area contributed by atoms with Crippen LogP contribution in [0.15, 0.2) is 30.3 Å². The molecule has 1 fully saturated rings. The largest absolute Gasteiger partial charge is 0.481 e. The van der Waals surface area contributed by atoms with Crippen LogP contribution in [0.3, 0.4) is 0 Å². The Morgan fingerprint density at radius 1 is 1.26 bits per heavy atom. The summed E-state index contributed by atoms with van der Waals surface area (Å²) in [4.78, 5) is 24.1. The molecule has 0 aliphatic heterocycles. The van der Waals surface area contributed by atoms with Crippen LogP contribution in [-0.4, -0.2) is 34.5 Å². The SMILES string of the molecule is O=C(O)CCN(C(=O)C#Cc1ccccc1)C1CC1. The van der Waals surface area contributed by atoms with Crippen molar-refractivity contribution >= 4 is 11.9 Å². The van der Waals surface area contributed by atoms with E-state index in [4.69, 9.17) is 5.11 Å². The number of carboxylic acids is 1. The first kappa shape index (κ1) is 13.2. The number of nitrogens with zero attached hydrogens (tertiary/aromatic N) is 1. The molecule has 1 aliphatic rings. The van der Waals surface area contributed by atoms with Gasteiger partial charge < -0.3 is 10.0 Å². The van der Waals surface area contributed by atoms with Gasteiger partial charge >= 0.3 is 5.97 Å². The summed E-state index contributed by atoms with van der Waals surface area (Å²) in [5.41, 5.74) is 0.782. The van der Waals surface area contributed by atoms with E-state index in [1.165, 1.54) is 0 Å². The van der Waals surface area contributed by atoms with Gasteiger partial charge in [0, 0.05) is 24.1 Å². The molecule has 2 rings (SSSR count). The van der Waals surface area contributed by atoms with Crippen molar-refractivity contribution in [1.82, 2.24) is 4.90 Å². The molecule has 1 N–H and O–H groups in total. The van der Waals surface area contributed by atoms with E-state index in [0.717, 1.165) is 18.4 Å². The Hall–Kier alpha value is -2.28. The number of rotatable bonds is 4. The van der Waals surface area contributed by atoms with E-state index in [-0.39, 0.29) is 24.9 Å². The van der Waals surface area contributed by atoms with E-state index in [0.29, 0.717) is 0 Å². The normalized spacial score (nSPS) is 13.3. The van der Waals surface area contributed by atoms with Crippen molar-refractivity contribution in [3.8, 4) is 11.8 Å². The summed E-state index contributed by atoms with van der Waals surface area (Å²) in [6, 6.07) is 9.45. The topological polar surface area (TPSA) is 57.6 Å². The molecule has 1 amide bonds. The third-order valence-corrected chi connectivity index (χ3v) is 2.90. The van der Waals surface area contributed by atoms with Gasteiger partial charge in [0.15, 0.2) is 0 Å². The number of carbonyl (C=O) groups is 2. The van der Waals surface area contributed by atoms with E-state index in [1.54, 1.807) is 4.90 Å². The van der Waals surface area contributed by atoms with Crippen LogP contribution in [0.5, 0.6) is 0 Å². The Balaban J connectivity index is 2.00. The fraction of sp³-hybridized carbons (Fsp3) is 0.333. The van der Waals surface area contributed by atoms with Gasteiger partial charge in [-0.2, -0.15) is 0 Å². The summed E-state index contributed by atoms with van der Waals surface area (Å²) in [7, 11) is 0. The molecule has 98 valence electrons. The van der Waals surface area contributed by atoms with Crippen LogP contribution in [0.2, 0.25) is 0 Å². The van der Waals surface area contributed by atoms with Crippen LogP contribution in [-0.2, 0) is 9.59 Å². The van der Waals surface area contributed by atoms with Crippen molar-refractivity contribution in [2.75, 3.05) is 6.54 Å². The van der Waals surface area contributed by atoms with Crippen molar-refractivity contribution in [2.45, 2.75) is 25.3 Å². The van der Waals surface area contributed by atoms with E-state index < -0.39 is 5.97 Å². The first-order valence-electron chi connectivity index (χ1n) is 6.26. The van der Waals surface area contributed by atoms with Crippen LogP contribution >= 0.6 is 0 Å². The van der Waals surface area contributed by atoms with Crippen LogP contribution in [0.4, 0.5) is 0 Å². The highest BCUT2D eigenvalue weighted by molar-refractivity contribution is 5.94. The van der Waals surface area contributed by atoms with E-state index in [1.807, 2.05) is 30.3 Å². The summed E-state index contributed by atoms with van der Waals surface area (Å²) in [5, 5.41) is 8.68. The molecule has 1 aromatic carbocycles. The molecule has 1 aliphatic carbocycles. The molecule has 0 radical (unpaired) electrons. The van der Waals surface area contributed by atoms with Gasteiger partial charge in [0.05, 0.1) is 6.42 Å².